The summed E-state index contributed by atoms with van der Waals surface area (Å²) >= 11 is 0. The van der Waals surface area contributed by atoms with Crippen LogP contribution in [0.25, 0.3) is 0 Å². The normalized spacial score (nSPS) is 11.8. The Kier molecular flexibility index (Phi) is 4.50. The van der Waals surface area contributed by atoms with Gasteiger partial charge in [-0.1, -0.05) is 6.92 Å². The molecule has 1 unspecified atom stereocenters. The maximum Gasteiger partial charge on any atom is 0.326 e. The van der Waals surface area contributed by atoms with Gasteiger partial charge in [0.05, 0.1) is 6.42 Å². The highest BCUT2D eigenvalue weighted by Crippen LogP contribution is 1.93. The molecule has 0 aliphatic carbocycles. The van der Waals surface area contributed by atoms with E-state index in [9.17, 15) is 14.4 Å². The summed E-state index contributed by atoms with van der Waals surface area (Å²) in [5.74, 6) is -3.08. The van der Waals surface area contributed by atoms with E-state index in [4.69, 9.17) is 10.2 Å². The predicted octanol–water partition coefficient (Wildman–Crippen LogP) is -0.559. The zero-order valence-electron chi connectivity index (χ0n) is 7.11. The van der Waals surface area contributed by atoms with Crippen LogP contribution in [0.3, 0.4) is 0 Å². The van der Waals surface area contributed by atoms with E-state index < -0.39 is 30.3 Å². The molecule has 3 N–H and O–H groups in total. The van der Waals surface area contributed by atoms with E-state index in [1.165, 1.54) is 0 Å². The first-order chi connectivity index (χ1) is 5.97. The minimum absolute atomic E-state index is 0.128. The number of hydrogen-bond acceptors (Lipinski definition) is 3. The van der Waals surface area contributed by atoms with Crippen molar-refractivity contribution in [2.45, 2.75) is 25.8 Å². The molecule has 0 spiro atoms. The molecule has 0 heterocycles. The van der Waals surface area contributed by atoms with Crippen molar-refractivity contribution in [1.82, 2.24) is 5.32 Å². The first-order valence-electron chi connectivity index (χ1n) is 3.71. The standard InChI is InChI=1S/C7H11NO5/c1-2-5(9)8-4(7(12)13)3-6(10)11/h4H,2-3H2,1H3,(H,8,9)(H,10,11)(H,12,13). The van der Waals surface area contributed by atoms with Gasteiger partial charge in [-0.15, -0.1) is 0 Å². The summed E-state index contributed by atoms with van der Waals surface area (Å²) in [6.07, 6.45) is -0.482. The summed E-state index contributed by atoms with van der Waals surface area (Å²) in [7, 11) is 0. The molecule has 13 heavy (non-hydrogen) atoms. The lowest BCUT2D eigenvalue weighted by molar-refractivity contribution is -0.147. The van der Waals surface area contributed by atoms with E-state index in [2.05, 4.69) is 5.32 Å². The van der Waals surface area contributed by atoms with Gasteiger partial charge in [0.2, 0.25) is 5.91 Å². The van der Waals surface area contributed by atoms with Gasteiger partial charge in [0.1, 0.15) is 6.04 Å². The summed E-state index contributed by atoms with van der Waals surface area (Å²) in [4.78, 5) is 31.3. The number of carbonyl (C=O) groups is 3. The number of rotatable bonds is 5. The molecule has 0 bridgehead atoms. The molecule has 1 atom stereocenters. The number of hydrogen-bond donors (Lipinski definition) is 3. The van der Waals surface area contributed by atoms with E-state index in [-0.39, 0.29) is 6.42 Å². The van der Waals surface area contributed by atoms with Crippen molar-refractivity contribution in [2.75, 3.05) is 0 Å². The van der Waals surface area contributed by atoms with Crippen molar-refractivity contribution in [1.29, 1.82) is 0 Å². The lowest BCUT2D eigenvalue weighted by Crippen LogP contribution is -2.41. The number of amides is 1. The van der Waals surface area contributed by atoms with Crippen LogP contribution in [0.5, 0.6) is 0 Å². The number of carboxylic acid groups (broad SMARTS) is 2. The molecule has 1 amide bonds. The molecule has 6 nitrogen and oxygen atoms in total. The Hall–Kier alpha value is -1.59. The number of carboxylic acids is 2. The van der Waals surface area contributed by atoms with Crippen LogP contribution in [0.4, 0.5) is 0 Å². The molecular formula is C7H11NO5. The minimum Gasteiger partial charge on any atom is -0.481 e. The third-order valence-corrected chi connectivity index (χ3v) is 1.33. The quantitative estimate of drug-likeness (QED) is 0.537. The van der Waals surface area contributed by atoms with Crippen LogP contribution in [0.15, 0.2) is 0 Å². The van der Waals surface area contributed by atoms with Crippen LogP contribution < -0.4 is 5.32 Å². The second kappa shape index (κ2) is 5.13. The highest BCUT2D eigenvalue weighted by atomic mass is 16.4. The van der Waals surface area contributed by atoms with E-state index in [1.54, 1.807) is 6.92 Å². The van der Waals surface area contributed by atoms with Gasteiger partial charge in [0.25, 0.3) is 0 Å². The molecule has 0 saturated carbocycles. The van der Waals surface area contributed by atoms with Crippen molar-refractivity contribution < 1.29 is 24.6 Å². The predicted molar refractivity (Wildman–Crippen MR) is 42.1 cm³/mol. The van der Waals surface area contributed by atoms with E-state index in [1.807, 2.05) is 0 Å². The second-order valence-corrected chi connectivity index (χ2v) is 2.41. The molecule has 0 aromatic rings. The fraction of sp³-hybridized carbons (Fsp3) is 0.571. The molecule has 0 radical (unpaired) electrons. The van der Waals surface area contributed by atoms with Crippen molar-refractivity contribution in [3.05, 3.63) is 0 Å². The highest BCUT2D eigenvalue weighted by molar-refractivity contribution is 5.86. The van der Waals surface area contributed by atoms with Gasteiger partial charge >= 0.3 is 11.9 Å². The third kappa shape index (κ3) is 4.78. The molecule has 0 aliphatic heterocycles. The number of nitrogens with one attached hydrogen (secondary N) is 1. The van der Waals surface area contributed by atoms with Gasteiger partial charge in [-0.3, -0.25) is 9.59 Å². The molecule has 74 valence electrons. The summed E-state index contributed by atoms with van der Waals surface area (Å²) in [6.45, 7) is 1.55. The second-order valence-electron chi connectivity index (χ2n) is 2.41. The van der Waals surface area contributed by atoms with Crippen LogP contribution in [-0.2, 0) is 14.4 Å². The smallest absolute Gasteiger partial charge is 0.326 e. The van der Waals surface area contributed by atoms with Gasteiger partial charge < -0.3 is 15.5 Å². The molecule has 0 rings (SSSR count). The molecule has 0 aromatic carbocycles. The summed E-state index contributed by atoms with van der Waals surface area (Å²) in [6, 6.07) is -1.34. The Balaban J connectivity index is 4.18. The van der Waals surface area contributed by atoms with E-state index >= 15 is 0 Å². The average molecular weight is 189 g/mol. The Bertz CT molecular complexity index is 225. The van der Waals surface area contributed by atoms with Gasteiger partial charge in [0.15, 0.2) is 0 Å². The van der Waals surface area contributed by atoms with Crippen LogP contribution >= 0.6 is 0 Å². The van der Waals surface area contributed by atoms with Crippen molar-refractivity contribution in [3.8, 4) is 0 Å². The maximum absolute atomic E-state index is 10.7. The molecule has 0 fully saturated rings. The molecule has 0 saturated heterocycles. The lowest BCUT2D eigenvalue weighted by atomic mass is 10.2. The maximum atomic E-state index is 10.7. The van der Waals surface area contributed by atoms with Crippen LogP contribution in [0, 0.1) is 0 Å². The minimum atomic E-state index is -1.34. The van der Waals surface area contributed by atoms with E-state index in [0.29, 0.717) is 0 Å². The van der Waals surface area contributed by atoms with Crippen molar-refractivity contribution in [2.24, 2.45) is 0 Å². The Labute approximate surface area is 74.6 Å². The van der Waals surface area contributed by atoms with Gasteiger partial charge in [-0.2, -0.15) is 0 Å². The Morgan fingerprint density at radius 2 is 1.85 bits per heavy atom. The first kappa shape index (κ1) is 11.4. The molecule has 6 heteroatoms. The zero-order chi connectivity index (χ0) is 10.4. The number of carbonyl (C=O) groups excluding carboxylic acids is 1. The fourth-order valence-electron chi connectivity index (χ4n) is 0.671. The molecule has 0 aromatic heterocycles. The largest absolute Gasteiger partial charge is 0.481 e. The molecular weight excluding hydrogens is 178 g/mol. The van der Waals surface area contributed by atoms with Crippen molar-refractivity contribution >= 4 is 17.8 Å². The average Bonchev–Trinajstić information content (AvgIpc) is 2.02. The Morgan fingerprint density at radius 3 is 2.15 bits per heavy atom. The third-order valence-electron chi connectivity index (χ3n) is 1.33. The first-order valence-corrected chi connectivity index (χ1v) is 3.71. The fourth-order valence-corrected chi connectivity index (χ4v) is 0.671. The number of aliphatic carboxylic acids is 2. The summed E-state index contributed by atoms with van der Waals surface area (Å²) in [5.41, 5.74) is 0. The van der Waals surface area contributed by atoms with Gasteiger partial charge in [-0.05, 0) is 0 Å². The van der Waals surface area contributed by atoms with E-state index in [0.717, 1.165) is 0 Å². The van der Waals surface area contributed by atoms with Gasteiger partial charge in [-0.25, -0.2) is 4.79 Å². The zero-order valence-corrected chi connectivity index (χ0v) is 7.11. The topological polar surface area (TPSA) is 104 Å². The Morgan fingerprint density at radius 1 is 1.31 bits per heavy atom. The highest BCUT2D eigenvalue weighted by Gasteiger charge is 2.21. The summed E-state index contributed by atoms with van der Waals surface area (Å²) < 4.78 is 0. The van der Waals surface area contributed by atoms with Crippen molar-refractivity contribution in [3.63, 3.8) is 0 Å². The summed E-state index contributed by atoms with van der Waals surface area (Å²) in [5, 5.41) is 18.9. The SMILES string of the molecule is CCC(=O)NC(CC(=O)O)C(=O)O. The monoisotopic (exact) mass is 189 g/mol. The molecule has 0 aliphatic rings. The van der Waals surface area contributed by atoms with Crippen LogP contribution in [0.2, 0.25) is 0 Å². The van der Waals surface area contributed by atoms with Gasteiger partial charge in [0, 0.05) is 6.42 Å². The lowest BCUT2D eigenvalue weighted by Gasteiger charge is -2.10. The van der Waals surface area contributed by atoms with Crippen LogP contribution in [0.1, 0.15) is 19.8 Å². The van der Waals surface area contributed by atoms with Crippen LogP contribution in [-0.4, -0.2) is 34.1 Å².